The van der Waals surface area contributed by atoms with Gasteiger partial charge in [-0.2, -0.15) is 5.26 Å². The van der Waals surface area contributed by atoms with Gasteiger partial charge in [-0.3, -0.25) is 9.36 Å². The average molecular weight is 456 g/mol. The van der Waals surface area contributed by atoms with Gasteiger partial charge in [-0.15, -0.1) is 10.2 Å². The van der Waals surface area contributed by atoms with Crippen LogP contribution in [-0.2, 0) is 11.4 Å². The minimum Gasteiger partial charge on any atom is -0.485 e. The number of aromatic nitrogens is 3. The van der Waals surface area contributed by atoms with Crippen LogP contribution in [0.2, 0.25) is 0 Å². The van der Waals surface area contributed by atoms with E-state index in [1.54, 1.807) is 24.3 Å². The van der Waals surface area contributed by atoms with Crippen LogP contribution in [0.4, 0.5) is 5.69 Å². The summed E-state index contributed by atoms with van der Waals surface area (Å²) in [7, 11) is 0. The fourth-order valence-electron chi connectivity index (χ4n) is 3.18. The molecule has 0 saturated heterocycles. The molecule has 0 radical (unpaired) electrons. The SMILES string of the molecule is Cc1ccccc1OCc1nnc(SCC(=O)Nc2cccc(C#N)c2)n1-c1ccccc1. The molecule has 1 N–H and O–H groups in total. The van der Waals surface area contributed by atoms with E-state index in [9.17, 15) is 4.79 Å². The first kappa shape index (κ1) is 22.1. The first-order chi connectivity index (χ1) is 16.1. The highest BCUT2D eigenvalue weighted by Crippen LogP contribution is 2.24. The lowest BCUT2D eigenvalue weighted by Gasteiger charge is -2.12. The molecule has 0 atom stereocenters. The predicted octanol–water partition coefficient (Wildman–Crippen LogP) is 4.76. The molecule has 8 heteroatoms. The standard InChI is InChI=1S/C25H21N5O2S/c1-18-8-5-6-13-22(18)32-16-23-28-29-25(30(23)21-11-3-2-4-12-21)33-17-24(31)27-20-10-7-9-19(14-20)15-26/h2-14H,16-17H2,1H3,(H,27,31). The van der Waals surface area contributed by atoms with Crippen LogP contribution in [0.5, 0.6) is 5.75 Å². The quantitative estimate of drug-likeness (QED) is 0.385. The molecule has 3 aromatic carbocycles. The molecule has 0 spiro atoms. The van der Waals surface area contributed by atoms with Crippen LogP contribution in [-0.4, -0.2) is 26.4 Å². The normalized spacial score (nSPS) is 10.4. The molecule has 0 aliphatic rings. The van der Waals surface area contributed by atoms with Gasteiger partial charge in [0.2, 0.25) is 5.91 Å². The zero-order valence-corrected chi connectivity index (χ0v) is 18.7. The number of benzene rings is 3. The van der Waals surface area contributed by atoms with Crippen molar-refractivity contribution >= 4 is 23.4 Å². The summed E-state index contributed by atoms with van der Waals surface area (Å²) in [6, 6.07) is 26.4. The summed E-state index contributed by atoms with van der Waals surface area (Å²) in [5.74, 6) is 1.36. The number of thioether (sulfide) groups is 1. The Morgan fingerprint density at radius 1 is 1.06 bits per heavy atom. The predicted molar refractivity (Wildman–Crippen MR) is 127 cm³/mol. The van der Waals surface area contributed by atoms with E-state index in [0.717, 1.165) is 17.0 Å². The van der Waals surface area contributed by atoms with E-state index in [1.165, 1.54) is 11.8 Å². The van der Waals surface area contributed by atoms with E-state index >= 15 is 0 Å². The number of nitrogens with zero attached hydrogens (tertiary/aromatic N) is 4. The monoisotopic (exact) mass is 455 g/mol. The van der Waals surface area contributed by atoms with Gasteiger partial charge in [0.25, 0.3) is 0 Å². The summed E-state index contributed by atoms with van der Waals surface area (Å²) in [5, 5.41) is 21.1. The Labute approximate surface area is 196 Å². The maximum atomic E-state index is 12.5. The van der Waals surface area contributed by atoms with Crippen molar-refractivity contribution in [2.24, 2.45) is 0 Å². The van der Waals surface area contributed by atoms with Crippen molar-refractivity contribution in [3.8, 4) is 17.5 Å². The summed E-state index contributed by atoms with van der Waals surface area (Å²) < 4.78 is 7.88. The van der Waals surface area contributed by atoms with Crippen molar-refractivity contribution < 1.29 is 9.53 Å². The van der Waals surface area contributed by atoms with Gasteiger partial charge in [0, 0.05) is 11.4 Å². The molecule has 4 aromatic rings. The second kappa shape index (κ2) is 10.5. The Bertz CT molecular complexity index is 1300. The van der Waals surface area contributed by atoms with E-state index in [0.29, 0.717) is 22.2 Å². The van der Waals surface area contributed by atoms with Gasteiger partial charge in [-0.1, -0.05) is 54.2 Å². The summed E-state index contributed by atoms with van der Waals surface area (Å²) in [6.45, 7) is 2.23. The van der Waals surface area contributed by atoms with Gasteiger partial charge in [0.15, 0.2) is 11.0 Å². The minimum absolute atomic E-state index is 0.139. The summed E-state index contributed by atoms with van der Waals surface area (Å²) in [4.78, 5) is 12.5. The second-order valence-corrected chi connectivity index (χ2v) is 8.10. The Morgan fingerprint density at radius 2 is 1.85 bits per heavy atom. The lowest BCUT2D eigenvalue weighted by molar-refractivity contribution is -0.113. The molecule has 1 aromatic heterocycles. The summed E-state index contributed by atoms with van der Waals surface area (Å²) in [6.07, 6.45) is 0. The molecule has 0 unspecified atom stereocenters. The zero-order chi connectivity index (χ0) is 23.0. The van der Waals surface area contributed by atoms with Crippen molar-refractivity contribution in [1.82, 2.24) is 14.8 Å². The number of anilines is 1. The number of nitriles is 1. The molecule has 0 saturated carbocycles. The molecule has 0 bridgehead atoms. The molecule has 7 nitrogen and oxygen atoms in total. The van der Waals surface area contributed by atoms with Gasteiger partial charge >= 0.3 is 0 Å². The van der Waals surface area contributed by atoms with Gasteiger partial charge in [-0.25, -0.2) is 0 Å². The van der Waals surface area contributed by atoms with Crippen molar-refractivity contribution in [1.29, 1.82) is 5.26 Å². The van der Waals surface area contributed by atoms with Crippen LogP contribution >= 0.6 is 11.8 Å². The number of nitrogens with one attached hydrogen (secondary N) is 1. The Kier molecular flexibility index (Phi) is 7.03. The fraction of sp³-hybridized carbons (Fsp3) is 0.120. The highest BCUT2D eigenvalue weighted by Gasteiger charge is 2.17. The number of aryl methyl sites for hydroxylation is 1. The maximum absolute atomic E-state index is 12.5. The number of hydrogen-bond acceptors (Lipinski definition) is 6. The van der Waals surface area contributed by atoms with Gasteiger partial charge < -0.3 is 10.1 Å². The Balaban J connectivity index is 1.50. The third kappa shape index (κ3) is 5.59. The highest BCUT2D eigenvalue weighted by molar-refractivity contribution is 7.99. The van der Waals surface area contributed by atoms with Crippen LogP contribution in [0.1, 0.15) is 17.0 Å². The van der Waals surface area contributed by atoms with Crippen LogP contribution in [0.25, 0.3) is 5.69 Å². The van der Waals surface area contributed by atoms with E-state index in [-0.39, 0.29) is 18.3 Å². The second-order valence-electron chi connectivity index (χ2n) is 7.15. The van der Waals surface area contributed by atoms with Crippen LogP contribution in [0.15, 0.2) is 84.0 Å². The number of para-hydroxylation sites is 2. The third-order valence-corrected chi connectivity index (χ3v) is 5.70. The number of rotatable bonds is 8. The summed E-state index contributed by atoms with van der Waals surface area (Å²) in [5.41, 5.74) is 2.99. The highest BCUT2D eigenvalue weighted by atomic mass is 32.2. The lowest BCUT2D eigenvalue weighted by atomic mass is 10.2. The summed E-state index contributed by atoms with van der Waals surface area (Å²) >= 11 is 1.28. The van der Waals surface area contributed by atoms with E-state index in [1.807, 2.05) is 66.1 Å². The van der Waals surface area contributed by atoms with Crippen LogP contribution in [0, 0.1) is 18.3 Å². The molecular weight excluding hydrogens is 434 g/mol. The van der Waals surface area contributed by atoms with Crippen molar-refractivity contribution in [2.45, 2.75) is 18.7 Å². The molecule has 1 heterocycles. The molecule has 0 fully saturated rings. The molecule has 4 rings (SSSR count). The van der Waals surface area contributed by atoms with Crippen LogP contribution in [0.3, 0.4) is 0 Å². The first-order valence-corrected chi connectivity index (χ1v) is 11.2. The van der Waals surface area contributed by atoms with Crippen LogP contribution < -0.4 is 10.1 Å². The Hall–Kier alpha value is -4.09. The molecule has 33 heavy (non-hydrogen) atoms. The topological polar surface area (TPSA) is 92.8 Å². The fourth-order valence-corrected chi connectivity index (χ4v) is 3.95. The number of carbonyl (C=O) groups is 1. The van der Waals surface area contributed by atoms with Crippen molar-refractivity contribution in [2.75, 3.05) is 11.1 Å². The molecule has 1 amide bonds. The lowest BCUT2D eigenvalue weighted by Crippen LogP contribution is -2.15. The van der Waals surface area contributed by atoms with Gasteiger partial charge in [0.1, 0.15) is 12.4 Å². The smallest absolute Gasteiger partial charge is 0.234 e. The molecule has 164 valence electrons. The first-order valence-electron chi connectivity index (χ1n) is 10.2. The Morgan fingerprint density at radius 3 is 2.64 bits per heavy atom. The third-order valence-electron chi connectivity index (χ3n) is 4.77. The van der Waals surface area contributed by atoms with E-state index in [4.69, 9.17) is 10.00 Å². The molecule has 0 aliphatic heterocycles. The number of amides is 1. The average Bonchev–Trinajstić information content (AvgIpc) is 3.25. The van der Waals surface area contributed by atoms with Crippen molar-refractivity contribution in [3.63, 3.8) is 0 Å². The minimum atomic E-state index is -0.199. The van der Waals surface area contributed by atoms with Crippen molar-refractivity contribution in [3.05, 3.63) is 95.8 Å². The number of ether oxygens (including phenoxy) is 1. The van der Waals surface area contributed by atoms with E-state index < -0.39 is 0 Å². The van der Waals surface area contributed by atoms with Gasteiger partial charge in [-0.05, 0) is 48.9 Å². The largest absolute Gasteiger partial charge is 0.485 e. The maximum Gasteiger partial charge on any atom is 0.234 e. The van der Waals surface area contributed by atoms with E-state index in [2.05, 4.69) is 21.6 Å². The number of hydrogen-bond donors (Lipinski definition) is 1. The molecule has 0 aliphatic carbocycles. The zero-order valence-electron chi connectivity index (χ0n) is 17.9. The van der Waals surface area contributed by atoms with Gasteiger partial charge in [0.05, 0.1) is 17.4 Å². The molecular formula is C25H21N5O2S. The number of carbonyl (C=O) groups excluding carboxylic acids is 1.